The molecule has 96 valence electrons. The van der Waals surface area contributed by atoms with Crippen LogP contribution in [0.2, 0.25) is 0 Å². The van der Waals surface area contributed by atoms with Crippen molar-refractivity contribution in [1.29, 1.82) is 0 Å². The Labute approximate surface area is 113 Å². The first-order chi connectivity index (χ1) is 9.30. The number of aliphatic imine (C=N–C) groups is 2. The summed E-state index contributed by atoms with van der Waals surface area (Å²) in [4.78, 5) is 17.6. The first-order valence-electron chi connectivity index (χ1n) is 5.97. The topological polar surface area (TPSA) is 41.8 Å². The second-order valence-corrected chi connectivity index (χ2v) is 3.81. The molecule has 0 bridgehead atoms. The van der Waals surface area contributed by atoms with E-state index >= 15 is 0 Å². The van der Waals surface area contributed by atoms with E-state index in [2.05, 4.69) is 28.5 Å². The number of nitrogens with zero attached hydrogens (tertiary/aromatic N) is 2. The van der Waals surface area contributed by atoms with E-state index in [1.165, 1.54) is 11.7 Å². The zero-order chi connectivity index (χ0) is 13.9. The van der Waals surface area contributed by atoms with E-state index in [0.29, 0.717) is 12.2 Å². The van der Waals surface area contributed by atoms with Crippen LogP contribution in [0.4, 0.5) is 5.69 Å². The SMILES string of the molecule is C=C=NC/C=C\C(=C/C)Cc1ccc(N=C=O)cc1. The van der Waals surface area contributed by atoms with Gasteiger partial charge in [0.15, 0.2) is 0 Å². The molecule has 0 atom stereocenters. The molecule has 0 aliphatic heterocycles. The van der Waals surface area contributed by atoms with Gasteiger partial charge in [0.2, 0.25) is 6.08 Å². The molecular weight excluding hydrogens is 236 g/mol. The highest BCUT2D eigenvalue weighted by Crippen LogP contribution is 2.15. The molecule has 1 aromatic carbocycles. The molecule has 0 saturated carbocycles. The van der Waals surface area contributed by atoms with Gasteiger partial charge in [0, 0.05) is 0 Å². The standard InChI is InChI=1S/C16H16N2O/c1-3-14(6-5-11-17-4-2)12-15-7-9-16(10-8-15)18-13-19/h3,5-10H,2,11-12H2,1H3/b6-5-,14-3+. The van der Waals surface area contributed by atoms with E-state index in [1.807, 2.05) is 31.2 Å². The molecule has 0 unspecified atom stereocenters. The van der Waals surface area contributed by atoms with Gasteiger partial charge in [0.1, 0.15) is 0 Å². The Morgan fingerprint density at radius 3 is 2.68 bits per heavy atom. The van der Waals surface area contributed by atoms with Crippen molar-refractivity contribution in [3.05, 3.63) is 60.2 Å². The minimum absolute atomic E-state index is 0.591. The van der Waals surface area contributed by atoms with Gasteiger partial charge in [-0.15, -0.1) is 0 Å². The first kappa shape index (κ1) is 14.6. The summed E-state index contributed by atoms with van der Waals surface area (Å²) in [5, 5.41) is 0. The molecule has 1 rings (SSSR count). The fraction of sp³-hybridized carbons (Fsp3) is 0.188. The molecule has 19 heavy (non-hydrogen) atoms. The number of carbonyl (C=O) groups excluding carboxylic acids is 1. The number of hydrogen-bond acceptors (Lipinski definition) is 3. The van der Waals surface area contributed by atoms with Crippen LogP contribution in [0.3, 0.4) is 0 Å². The van der Waals surface area contributed by atoms with E-state index in [4.69, 9.17) is 0 Å². The van der Waals surface area contributed by atoms with Crippen molar-refractivity contribution in [2.75, 3.05) is 6.54 Å². The molecule has 0 N–H and O–H groups in total. The smallest absolute Gasteiger partial charge is 0.240 e. The van der Waals surface area contributed by atoms with Gasteiger partial charge in [-0.1, -0.05) is 30.4 Å². The summed E-state index contributed by atoms with van der Waals surface area (Å²) in [6.45, 7) is 6.00. The van der Waals surface area contributed by atoms with Crippen LogP contribution in [0.25, 0.3) is 0 Å². The predicted octanol–water partition coefficient (Wildman–Crippen LogP) is 3.55. The van der Waals surface area contributed by atoms with E-state index in [1.54, 1.807) is 12.1 Å². The third kappa shape index (κ3) is 5.60. The van der Waals surface area contributed by atoms with Crippen molar-refractivity contribution >= 4 is 17.6 Å². The number of hydrogen-bond donors (Lipinski definition) is 0. The lowest BCUT2D eigenvalue weighted by molar-refractivity contribution is 0.565. The van der Waals surface area contributed by atoms with Crippen molar-refractivity contribution in [1.82, 2.24) is 0 Å². The van der Waals surface area contributed by atoms with E-state index < -0.39 is 0 Å². The quantitative estimate of drug-likeness (QED) is 0.433. The van der Waals surface area contributed by atoms with Crippen LogP contribution >= 0.6 is 0 Å². The molecule has 0 aliphatic carbocycles. The minimum Gasteiger partial charge on any atom is -0.240 e. The summed E-state index contributed by atoms with van der Waals surface area (Å²) in [5.41, 5.74) is 2.98. The van der Waals surface area contributed by atoms with Gasteiger partial charge < -0.3 is 0 Å². The van der Waals surface area contributed by atoms with Gasteiger partial charge in [0.05, 0.1) is 12.2 Å². The van der Waals surface area contributed by atoms with Crippen LogP contribution in [0.5, 0.6) is 0 Å². The summed E-state index contributed by atoms with van der Waals surface area (Å²) in [5.74, 6) is 2.49. The number of allylic oxidation sites excluding steroid dienone is 3. The number of isocyanates is 1. The molecule has 0 spiro atoms. The lowest BCUT2D eigenvalue weighted by atomic mass is 10.0. The lowest BCUT2D eigenvalue weighted by Gasteiger charge is -2.02. The van der Waals surface area contributed by atoms with Crippen molar-refractivity contribution in [2.45, 2.75) is 13.3 Å². The van der Waals surface area contributed by atoms with Crippen LogP contribution in [0.1, 0.15) is 12.5 Å². The third-order valence-electron chi connectivity index (χ3n) is 2.53. The Morgan fingerprint density at radius 2 is 2.11 bits per heavy atom. The maximum absolute atomic E-state index is 10.1. The molecule has 0 aromatic heterocycles. The Bertz CT molecular complexity index is 555. The lowest BCUT2D eigenvalue weighted by Crippen LogP contribution is -1.87. The van der Waals surface area contributed by atoms with Crippen LogP contribution in [-0.2, 0) is 11.2 Å². The summed E-state index contributed by atoms with van der Waals surface area (Å²) < 4.78 is 0. The summed E-state index contributed by atoms with van der Waals surface area (Å²) in [6, 6.07) is 7.52. The highest BCUT2D eigenvalue weighted by Gasteiger charge is 1.96. The second-order valence-electron chi connectivity index (χ2n) is 3.81. The fourth-order valence-electron chi connectivity index (χ4n) is 1.56. The first-order valence-corrected chi connectivity index (χ1v) is 5.97. The maximum Gasteiger partial charge on any atom is 0.240 e. The Hall–Kier alpha value is -2.47. The molecule has 0 heterocycles. The van der Waals surface area contributed by atoms with E-state index in [9.17, 15) is 4.79 Å². The number of rotatable bonds is 6. The van der Waals surface area contributed by atoms with E-state index in [0.717, 1.165) is 12.0 Å². The summed E-state index contributed by atoms with van der Waals surface area (Å²) in [7, 11) is 0. The Kier molecular flexibility index (Phi) is 6.60. The largest absolute Gasteiger partial charge is 0.240 e. The highest BCUT2D eigenvalue weighted by molar-refractivity contribution is 5.49. The molecule has 0 saturated heterocycles. The van der Waals surface area contributed by atoms with Gasteiger partial charge in [-0.3, -0.25) is 0 Å². The average molecular weight is 252 g/mol. The van der Waals surface area contributed by atoms with E-state index in [-0.39, 0.29) is 0 Å². The molecule has 3 nitrogen and oxygen atoms in total. The van der Waals surface area contributed by atoms with Crippen LogP contribution in [0.15, 0.2) is 64.6 Å². The van der Waals surface area contributed by atoms with Crippen molar-refractivity contribution in [2.24, 2.45) is 9.98 Å². The summed E-state index contributed by atoms with van der Waals surface area (Å²) in [6.07, 6.45) is 8.43. The van der Waals surface area contributed by atoms with Gasteiger partial charge >= 0.3 is 0 Å². The summed E-state index contributed by atoms with van der Waals surface area (Å²) >= 11 is 0. The Balaban J connectivity index is 2.68. The third-order valence-corrected chi connectivity index (χ3v) is 2.53. The average Bonchev–Trinajstić information content (AvgIpc) is 2.44. The van der Waals surface area contributed by atoms with Gasteiger partial charge in [0.25, 0.3) is 0 Å². The van der Waals surface area contributed by atoms with Gasteiger partial charge in [-0.2, -0.15) is 4.99 Å². The normalized spacial score (nSPS) is 10.9. The Morgan fingerprint density at radius 1 is 1.37 bits per heavy atom. The predicted molar refractivity (Wildman–Crippen MR) is 78.8 cm³/mol. The van der Waals surface area contributed by atoms with Crippen molar-refractivity contribution < 1.29 is 4.79 Å². The molecule has 1 aromatic rings. The minimum atomic E-state index is 0.591. The maximum atomic E-state index is 10.1. The van der Waals surface area contributed by atoms with Crippen LogP contribution < -0.4 is 0 Å². The number of benzene rings is 1. The van der Waals surface area contributed by atoms with Gasteiger partial charge in [-0.25, -0.2) is 9.79 Å². The zero-order valence-electron chi connectivity index (χ0n) is 11.0. The molecular formula is C16H16N2O. The highest BCUT2D eigenvalue weighted by atomic mass is 16.1. The molecule has 0 radical (unpaired) electrons. The van der Waals surface area contributed by atoms with Gasteiger partial charge in [-0.05, 0) is 49.1 Å². The molecule has 0 fully saturated rings. The van der Waals surface area contributed by atoms with Crippen molar-refractivity contribution in [3.63, 3.8) is 0 Å². The zero-order valence-corrected chi connectivity index (χ0v) is 11.0. The van der Waals surface area contributed by atoms with Crippen LogP contribution in [0, 0.1) is 0 Å². The van der Waals surface area contributed by atoms with Crippen LogP contribution in [-0.4, -0.2) is 18.5 Å². The molecule has 0 amide bonds. The monoisotopic (exact) mass is 252 g/mol. The van der Waals surface area contributed by atoms with Crippen molar-refractivity contribution in [3.8, 4) is 0 Å². The molecule has 0 aliphatic rings. The fourth-order valence-corrected chi connectivity index (χ4v) is 1.56. The molecule has 3 heteroatoms. The second kappa shape index (κ2) is 8.60.